The summed E-state index contributed by atoms with van der Waals surface area (Å²) in [6.45, 7) is 1.97. The molecule has 1 aromatic heterocycles. The van der Waals surface area contributed by atoms with Gasteiger partial charge < -0.3 is 5.73 Å². The first-order chi connectivity index (χ1) is 9.25. The normalized spacial score (nSPS) is 10.6. The molecule has 0 unspecified atom stereocenters. The molecule has 5 heteroatoms. The number of rotatable bonds is 2. The molecule has 1 heterocycles. The third-order valence-corrected chi connectivity index (χ3v) is 3.00. The van der Waals surface area contributed by atoms with E-state index in [9.17, 15) is 0 Å². The number of nitrogens with two attached hydrogens (primary N) is 1. The van der Waals surface area contributed by atoms with E-state index in [2.05, 4.69) is 15.5 Å². The van der Waals surface area contributed by atoms with Crippen LogP contribution in [0.1, 0.15) is 5.56 Å². The smallest absolute Gasteiger partial charge is 0.187 e. The van der Waals surface area contributed by atoms with Crippen LogP contribution in [0.2, 0.25) is 0 Å². The van der Waals surface area contributed by atoms with Gasteiger partial charge in [-0.15, -0.1) is 5.10 Å². The Bertz CT molecular complexity index is 703. The van der Waals surface area contributed by atoms with Gasteiger partial charge in [0.2, 0.25) is 0 Å². The highest BCUT2D eigenvalue weighted by atomic mass is 15.5. The highest BCUT2D eigenvalue weighted by Gasteiger charge is 2.10. The van der Waals surface area contributed by atoms with Gasteiger partial charge in [-0.1, -0.05) is 18.2 Å². The van der Waals surface area contributed by atoms with Crippen molar-refractivity contribution in [3.63, 3.8) is 0 Å². The van der Waals surface area contributed by atoms with Crippen molar-refractivity contribution in [3.8, 4) is 17.1 Å². The Hall–Kier alpha value is -2.69. The summed E-state index contributed by atoms with van der Waals surface area (Å²) in [5, 5.41) is 11.9. The summed E-state index contributed by atoms with van der Waals surface area (Å²) in [7, 11) is 0. The number of aromatic nitrogens is 4. The van der Waals surface area contributed by atoms with Gasteiger partial charge in [0.25, 0.3) is 0 Å². The number of benzene rings is 2. The molecule has 0 aliphatic heterocycles. The zero-order valence-electron chi connectivity index (χ0n) is 10.5. The van der Waals surface area contributed by atoms with Crippen molar-refractivity contribution in [2.45, 2.75) is 6.92 Å². The Kier molecular flexibility index (Phi) is 2.72. The van der Waals surface area contributed by atoms with Crippen LogP contribution in [0.3, 0.4) is 0 Å². The van der Waals surface area contributed by atoms with Crippen molar-refractivity contribution in [2.24, 2.45) is 0 Å². The molecule has 2 N–H and O–H groups in total. The molecule has 19 heavy (non-hydrogen) atoms. The molecule has 5 nitrogen and oxygen atoms in total. The van der Waals surface area contributed by atoms with E-state index in [4.69, 9.17) is 5.73 Å². The minimum absolute atomic E-state index is 0.703. The van der Waals surface area contributed by atoms with E-state index < -0.39 is 0 Å². The van der Waals surface area contributed by atoms with Crippen LogP contribution in [-0.4, -0.2) is 20.2 Å². The first-order valence-corrected chi connectivity index (χ1v) is 5.96. The molecule has 0 spiro atoms. The number of hydrogen-bond donors (Lipinski definition) is 1. The van der Waals surface area contributed by atoms with E-state index in [1.54, 1.807) is 4.68 Å². The lowest BCUT2D eigenvalue weighted by atomic mass is 10.1. The molecule has 0 fully saturated rings. The summed E-state index contributed by atoms with van der Waals surface area (Å²) < 4.78 is 1.71. The van der Waals surface area contributed by atoms with Crippen molar-refractivity contribution in [1.29, 1.82) is 0 Å². The molecule has 3 aromatic rings. The molecule has 0 radical (unpaired) electrons. The van der Waals surface area contributed by atoms with Gasteiger partial charge >= 0.3 is 0 Å². The summed E-state index contributed by atoms with van der Waals surface area (Å²) in [5.74, 6) is 0.703. The number of nitrogens with zero attached hydrogens (tertiary/aromatic N) is 4. The summed E-state index contributed by atoms with van der Waals surface area (Å²) in [6.07, 6.45) is 0. The Morgan fingerprint density at radius 3 is 2.58 bits per heavy atom. The monoisotopic (exact) mass is 251 g/mol. The Morgan fingerprint density at radius 2 is 1.84 bits per heavy atom. The Labute approximate surface area is 110 Å². The van der Waals surface area contributed by atoms with Crippen LogP contribution in [0.5, 0.6) is 0 Å². The zero-order chi connectivity index (χ0) is 13.2. The standard InChI is InChI=1S/C14H13N5/c1-10-9-11(7-8-13(10)15)14-16-17-18-19(14)12-5-3-2-4-6-12/h2-9H,15H2,1H3. The quantitative estimate of drug-likeness (QED) is 0.709. The fraction of sp³-hybridized carbons (Fsp3) is 0.0714. The molecule has 3 rings (SSSR count). The second kappa shape index (κ2) is 4.53. The van der Waals surface area contributed by atoms with Gasteiger partial charge in [0, 0.05) is 11.3 Å². The number of aryl methyl sites for hydroxylation is 1. The minimum atomic E-state index is 0.703. The first-order valence-electron chi connectivity index (χ1n) is 5.96. The van der Waals surface area contributed by atoms with E-state index in [-0.39, 0.29) is 0 Å². The fourth-order valence-electron chi connectivity index (χ4n) is 1.93. The van der Waals surface area contributed by atoms with E-state index >= 15 is 0 Å². The zero-order valence-corrected chi connectivity index (χ0v) is 10.5. The second-order valence-electron chi connectivity index (χ2n) is 4.32. The van der Waals surface area contributed by atoms with Gasteiger partial charge in [0.15, 0.2) is 5.82 Å². The van der Waals surface area contributed by atoms with E-state index in [0.29, 0.717) is 5.82 Å². The van der Waals surface area contributed by atoms with Crippen LogP contribution >= 0.6 is 0 Å². The minimum Gasteiger partial charge on any atom is -0.399 e. The summed E-state index contributed by atoms with van der Waals surface area (Å²) in [4.78, 5) is 0. The highest BCUT2D eigenvalue weighted by Crippen LogP contribution is 2.22. The number of tetrazole rings is 1. The lowest BCUT2D eigenvalue weighted by Gasteiger charge is -2.06. The van der Waals surface area contributed by atoms with E-state index in [0.717, 1.165) is 22.5 Å². The average Bonchev–Trinajstić information content (AvgIpc) is 2.92. The molecular weight excluding hydrogens is 238 g/mol. The number of anilines is 1. The predicted molar refractivity (Wildman–Crippen MR) is 73.7 cm³/mol. The predicted octanol–water partition coefficient (Wildman–Crippen LogP) is 2.22. The molecule has 2 aromatic carbocycles. The lowest BCUT2D eigenvalue weighted by Crippen LogP contribution is -2.00. The van der Waals surface area contributed by atoms with Crippen LogP contribution in [-0.2, 0) is 0 Å². The maximum atomic E-state index is 5.83. The maximum Gasteiger partial charge on any atom is 0.187 e. The third-order valence-electron chi connectivity index (χ3n) is 3.00. The van der Waals surface area contributed by atoms with Gasteiger partial charge in [-0.2, -0.15) is 4.68 Å². The second-order valence-corrected chi connectivity index (χ2v) is 4.32. The van der Waals surface area contributed by atoms with Crippen LogP contribution in [0.25, 0.3) is 17.1 Å². The van der Waals surface area contributed by atoms with Crippen LogP contribution in [0.4, 0.5) is 5.69 Å². The lowest BCUT2D eigenvalue weighted by molar-refractivity contribution is 0.791. The van der Waals surface area contributed by atoms with E-state index in [1.165, 1.54) is 0 Å². The molecular formula is C14H13N5. The number of nitrogen functional groups attached to an aromatic ring is 1. The Balaban J connectivity index is 2.12. The van der Waals surface area contributed by atoms with E-state index in [1.807, 2.05) is 55.5 Å². The molecule has 94 valence electrons. The topological polar surface area (TPSA) is 69.6 Å². The average molecular weight is 251 g/mol. The first kappa shape index (κ1) is 11.4. The van der Waals surface area contributed by atoms with Gasteiger partial charge in [-0.3, -0.25) is 0 Å². The van der Waals surface area contributed by atoms with Crippen molar-refractivity contribution in [1.82, 2.24) is 20.2 Å². The van der Waals surface area contributed by atoms with Gasteiger partial charge in [0.05, 0.1) is 5.69 Å². The van der Waals surface area contributed by atoms with Crippen molar-refractivity contribution in [3.05, 3.63) is 54.1 Å². The third kappa shape index (κ3) is 2.06. The molecule has 0 saturated heterocycles. The molecule has 0 aliphatic rings. The largest absolute Gasteiger partial charge is 0.399 e. The van der Waals surface area contributed by atoms with Crippen molar-refractivity contribution >= 4 is 5.69 Å². The molecule has 0 amide bonds. The van der Waals surface area contributed by atoms with Crippen molar-refractivity contribution in [2.75, 3.05) is 5.73 Å². The molecule has 0 bridgehead atoms. The highest BCUT2D eigenvalue weighted by molar-refractivity contribution is 5.63. The fourth-order valence-corrected chi connectivity index (χ4v) is 1.93. The van der Waals surface area contributed by atoms with Crippen LogP contribution in [0.15, 0.2) is 48.5 Å². The van der Waals surface area contributed by atoms with Crippen LogP contribution in [0, 0.1) is 6.92 Å². The maximum absolute atomic E-state index is 5.83. The molecule has 0 saturated carbocycles. The van der Waals surface area contributed by atoms with Crippen LogP contribution < -0.4 is 5.73 Å². The molecule has 0 atom stereocenters. The Morgan fingerprint density at radius 1 is 1.05 bits per heavy atom. The summed E-state index contributed by atoms with van der Waals surface area (Å²) in [5.41, 5.74) is 9.49. The number of hydrogen-bond acceptors (Lipinski definition) is 4. The SMILES string of the molecule is Cc1cc(-c2nnnn2-c2ccccc2)ccc1N. The van der Waals surface area contributed by atoms with Gasteiger partial charge in [0.1, 0.15) is 0 Å². The van der Waals surface area contributed by atoms with Gasteiger partial charge in [-0.05, 0) is 53.2 Å². The molecule has 0 aliphatic carbocycles. The van der Waals surface area contributed by atoms with Crippen molar-refractivity contribution < 1.29 is 0 Å². The summed E-state index contributed by atoms with van der Waals surface area (Å²) in [6, 6.07) is 15.6. The van der Waals surface area contributed by atoms with Gasteiger partial charge in [-0.25, -0.2) is 0 Å². The summed E-state index contributed by atoms with van der Waals surface area (Å²) >= 11 is 0. The number of para-hydroxylation sites is 1.